The molecule has 0 unspecified atom stereocenters. The summed E-state index contributed by atoms with van der Waals surface area (Å²) in [6.45, 7) is 0.425. The van der Waals surface area contributed by atoms with Crippen LogP contribution < -0.4 is 5.56 Å². The number of hydrogen-bond acceptors (Lipinski definition) is 6. The standard InChI is InChI=1S/C24H17ClN4O2S/c25-19-12-6-4-10-17(19)22-28-27-21(31-22)15-32-24-26-20-13-7-5-11-18(20)23(30)29(24)14-16-8-2-1-3-9-16/h1-13H,14-15H2. The van der Waals surface area contributed by atoms with Crippen LogP contribution in [0.5, 0.6) is 0 Å². The van der Waals surface area contributed by atoms with Gasteiger partial charge in [0.1, 0.15) is 0 Å². The number of benzene rings is 3. The van der Waals surface area contributed by atoms with Gasteiger partial charge in [0, 0.05) is 0 Å². The maximum atomic E-state index is 13.2. The summed E-state index contributed by atoms with van der Waals surface area (Å²) in [6, 6.07) is 24.5. The first-order chi connectivity index (χ1) is 15.7. The topological polar surface area (TPSA) is 73.8 Å². The fraction of sp³-hybridized carbons (Fsp3) is 0.0833. The smallest absolute Gasteiger partial charge is 0.262 e. The number of aromatic nitrogens is 4. The Kier molecular flexibility index (Phi) is 5.75. The van der Waals surface area contributed by atoms with E-state index >= 15 is 0 Å². The highest BCUT2D eigenvalue weighted by atomic mass is 35.5. The third kappa shape index (κ3) is 4.17. The molecule has 5 aromatic rings. The fourth-order valence-corrected chi connectivity index (χ4v) is 4.40. The zero-order valence-corrected chi connectivity index (χ0v) is 18.4. The van der Waals surface area contributed by atoms with Gasteiger partial charge in [0.05, 0.1) is 33.8 Å². The minimum Gasteiger partial charge on any atom is -0.420 e. The van der Waals surface area contributed by atoms with E-state index in [9.17, 15) is 4.79 Å². The molecule has 8 heteroatoms. The van der Waals surface area contributed by atoms with Crippen molar-refractivity contribution in [2.45, 2.75) is 17.5 Å². The molecule has 2 aromatic heterocycles. The second-order valence-corrected chi connectivity index (χ2v) is 8.41. The second-order valence-electron chi connectivity index (χ2n) is 7.06. The van der Waals surface area contributed by atoms with Gasteiger partial charge in [0.15, 0.2) is 5.16 Å². The predicted molar refractivity (Wildman–Crippen MR) is 126 cm³/mol. The van der Waals surface area contributed by atoms with E-state index in [1.54, 1.807) is 16.7 Å². The average Bonchev–Trinajstić information content (AvgIpc) is 3.29. The lowest BCUT2D eigenvalue weighted by Crippen LogP contribution is -2.24. The summed E-state index contributed by atoms with van der Waals surface area (Å²) in [5.74, 6) is 1.16. The quantitative estimate of drug-likeness (QED) is 0.248. The second kappa shape index (κ2) is 8.98. The zero-order chi connectivity index (χ0) is 21.9. The predicted octanol–water partition coefficient (Wildman–Crippen LogP) is 5.44. The Morgan fingerprint density at radius 3 is 2.50 bits per heavy atom. The number of para-hydroxylation sites is 1. The maximum absolute atomic E-state index is 13.2. The van der Waals surface area contributed by atoms with Crippen LogP contribution in [0, 0.1) is 0 Å². The molecule has 0 atom stereocenters. The fourth-order valence-electron chi connectivity index (χ4n) is 3.34. The highest BCUT2D eigenvalue weighted by molar-refractivity contribution is 7.98. The van der Waals surface area contributed by atoms with Crippen LogP contribution in [0.15, 0.2) is 93.2 Å². The van der Waals surface area contributed by atoms with Gasteiger partial charge in [-0.05, 0) is 29.8 Å². The van der Waals surface area contributed by atoms with Crippen LogP contribution in [0.2, 0.25) is 5.02 Å². The molecule has 2 heterocycles. The molecule has 0 aliphatic carbocycles. The first-order valence-electron chi connectivity index (χ1n) is 9.92. The van der Waals surface area contributed by atoms with Crippen molar-refractivity contribution in [2.75, 3.05) is 0 Å². The summed E-state index contributed by atoms with van der Waals surface area (Å²) < 4.78 is 7.49. The Labute approximate surface area is 192 Å². The van der Waals surface area contributed by atoms with Gasteiger partial charge in [0.2, 0.25) is 11.8 Å². The Bertz CT molecular complexity index is 1450. The van der Waals surface area contributed by atoms with E-state index in [1.807, 2.05) is 66.7 Å². The van der Waals surface area contributed by atoms with Crippen molar-refractivity contribution in [1.29, 1.82) is 0 Å². The lowest BCUT2D eigenvalue weighted by atomic mass is 10.2. The van der Waals surface area contributed by atoms with Gasteiger partial charge in [-0.1, -0.05) is 78.0 Å². The molecule has 0 saturated heterocycles. The summed E-state index contributed by atoms with van der Waals surface area (Å²) >= 11 is 7.61. The molecule has 0 saturated carbocycles. The van der Waals surface area contributed by atoms with Gasteiger partial charge >= 0.3 is 0 Å². The van der Waals surface area contributed by atoms with Crippen molar-refractivity contribution in [3.8, 4) is 11.5 Å². The Balaban J connectivity index is 1.47. The zero-order valence-electron chi connectivity index (χ0n) is 16.8. The van der Waals surface area contributed by atoms with Gasteiger partial charge in [-0.15, -0.1) is 10.2 Å². The highest BCUT2D eigenvalue weighted by Crippen LogP contribution is 2.28. The number of fused-ring (bicyclic) bond motifs is 1. The summed E-state index contributed by atoms with van der Waals surface area (Å²) in [4.78, 5) is 18.0. The molecule has 6 nitrogen and oxygen atoms in total. The van der Waals surface area contributed by atoms with Crippen LogP contribution in [0.3, 0.4) is 0 Å². The normalized spacial score (nSPS) is 11.2. The van der Waals surface area contributed by atoms with Crippen molar-refractivity contribution in [1.82, 2.24) is 19.7 Å². The molecule has 5 rings (SSSR count). The molecule has 0 spiro atoms. The van der Waals surface area contributed by atoms with E-state index in [1.165, 1.54) is 11.8 Å². The largest absolute Gasteiger partial charge is 0.420 e. The Morgan fingerprint density at radius 2 is 1.66 bits per heavy atom. The molecule has 32 heavy (non-hydrogen) atoms. The van der Waals surface area contributed by atoms with Crippen LogP contribution in [0.4, 0.5) is 0 Å². The molecule has 158 valence electrons. The molecule has 0 fully saturated rings. The summed E-state index contributed by atoms with van der Waals surface area (Å²) in [5, 5.41) is 9.98. The SMILES string of the molecule is O=c1c2ccccc2nc(SCc2nnc(-c3ccccc3Cl)o2)n1Cc1ccccc1. The van der Waals surface area contributed by atoms with Crippen LogP contribution in [-0.4, -0.2) is 19.7 Å². The van der Waals surface area contributed by atoms with Crippen molar-refractivity contribution in [3.05, 3.63) is 106 Å². The third-order valence-corrected chi connectivity index (χ3v) is 6.20. The van der Waals surface area contributed by atoms with Crippen LogP contribution in [0.1, 0.15) is 11.5 Å². The number of hydrogen-bond donors (Lipinski definition) is 0. The van der Waals surface area contributed by atoms with Crippen molar-refractivity contribution < 1.29 is 4.42 Å². The number of halogens is 1. The lowest BCUT2D eigenvalue weighted by molar-refractivity contribution is 0.528. The van der Waals surface area contributed by atoms with Crippen molar-refractivity contribution in [3.63, 3.8) is 0 Å². The summed E-state index contributed by atoms with van der Waals surface area (Å²) in [6.07, 6.45) is 0. The highest BCUT2D eigenvalue weighted by Gasteiger charge is 2.15. The van der Waals surface area contributed by atoms with Gasteiger partial charge in [-0.25, -0.2) is 4.98 Å². The van der Waals surface area contributed by atoms with Crippen LogP contribution in [0.25, 0.3) is 22.4 Å². The number of thioether (sulfide) groups is 1. The molecule has 3 aromatic carbocycles. The first kappa shape index (κ1) is 20.5. The van der Waals surface area contributed by atoms with Gasteiger partial charge in [-0.3, -0.25) is 9.36 Å². The molecule has 0 amide bonds. The van der Waals surface area contributed by atoms with Crippen LogP contribution >= 0.6 is 23.4 Å². The van der Waals surface area contributed by atoms with Gasteiger partial charge in [-0.2, -0.15) is 0 Å². The maximum Gasteiger partial charge on any atom is 0.262 e. The first-order valence-corrected chi connectivity index (χ1v) is 11.3. The molecule has 0 aliphatic heterocycles. The average molecular weight is 461 g/mol. The van der Waals surface area contributed by atoms with Crippen LogP contribution in [-0.2, 0) is 12.3 Å². The lowest BCUT2D eigenvalue weighted by Gasteiger charge is -2.12. The van der Waals surface area contributed by atoms with Gasteiger partial charge in [0.25, 0.3) is 5.56 Å². The van der Waals surface area contributed by atoms with E-state index in [4.69, 9.17) is 21.0 Å². The monoisotopic (exact) mass is 460 g/mol. The van der Waals surface area contributed by atoms with E-state index in [0.717, 1.165) is 5.56 Å². The molecule has 0 bridgehead atoms. The molecule has 0 N–H and O–H groups in total. The van der Waals surface area contributed by atoms with Gasteiger partial charge < -0.3 is 4.42 Å². The summed E-state index contributed by atoms with van der Waals surface area (Å²) in [5.41, 5.74) is 2.28. The molecule has 0 radical (unpaired) electrons. The third-order valence-electron chi connectivity index (χ3n) is 4.91. The summed E-state index contributed by atoms with van der Waals surface area (Å²) in [7, 11) is 0. The van der Waals surface area contributed by atoms with Crippen molar-refractivity contribution >= 4 is 34.3 Å². The number of nitrogens with zero attached hydrogens (tertiary/aromatic N) is 4. The minimum absolute atomic E-state index is 0.0794. The van der Waals surface area contributed by atoms with E-state index in [0.29, 0.717) is 50.7 Å². The minimum atomic E-state index is -0.0794. The van der Waals surface area contributed by atoms with E-state index < -0.39 is 0 Å². The van der Waals surface area contributed by atoms with E-state index in [2.05, 4.69) is 10.2 Å². The Morgan fingerprint density at radius 1 is 0.906 bits per heavy atom. The molecule has 0 aliphatic rings. The number of rotatable bonds is 6. The van der Waals surface area contributed by atoms with E-state index in [-0.39, 0.29) is 5.56 Å². The Hall–Kier alpha value is -3.42. The molecular formula is C24H17ClN4O2S. The van der Waals surface area contributed by atoms with Crippen molar-refractivity contribution in [2.24, 2.45) is 0 Å². The molecular weight excluding hydrogens is 444 g/mol.